The summed E-state index contributed by atoms with van der Waals surface area (Å²) in [5, 5.41) is 9.35. The average Bonchev–Trinajstić information content (AvgIpc) is 2.72. The molecule has 0 fully saturated rings. The van der Waals surface area contributed by atoms with Crippen LogP contribution in [0.4, 0.5) is 0 Å². The maximum atomic E-state index is 6.19. The molecule has 0 saturated heterocycles. The number of benzene rings is 1. The van der Waals surface area contributed by atoms with Crippen LogP contribution in [0.1, 0.15) is 25.7 Å². The van der Waals surface area contributed by atoms with Crippen molar-refractivity contribution in [3.8, 4) is 11.4 Å². The predicted octanol–water partition coefficient (Wildman–Crippen LogP) is 4.57. The Kier molecular flexibility index (Phi) is 4.15. The lowest BCUT2D eigenvalue weighted by molar-refractivity contribution is 0.585. The molecule has 0 aliphatic heterocycles. The number of alkyl halides is 1. The topological polar surface area (TPSA) is 30.7 Å². The van der Waals surface area contributed by atoms with Crippen molar-refractivity contribution in [2.45, 2.75) is 25.8 Å². The highest BCUT2D eigenvalue weighted by atomic mass is 35.5. The second-order valence-electron chi connectivity index (χ2n) is 4.13. The molecule has 1 aromatic carbocycles. The molecule has 0 N–H and O–H groups in total. The second-order valence-corrected chi connectivity index (χ2v) is 5.22. The van der Waals surface area contributed by atoms with Gasteiger partial charge in [0.05, 0.1) is 21.5 Å². The summed E-state index contributed by atoms with van der Waals surface area (Å²) in [5.74, 6) is 1.65. The fourth-order valence-electron chi connectivity index (χ4n) is 1.84. The van der Waals surface area contributed by atoms with Gasteiger partial charge in [-0.3, -0.25) is 0 Å². The first-order chi connectivity index (χ1) is 8.56. The van der Waals surface area contributed by atoms with E-state index < -0.39 is 0 Å². The predicted molar refractivity (Wildman–Crippen MR) is 75.4 cm³/mol. The van der Waals surface area contributed by atoms with Crippen LogP contribution >= 0.6 is 34.8 Å². The monoisotopic (exact) mass is 303 g/mol. The standard InChI is InChI=1S/C12H12Cl3N3/c1-7(2)18-10(6-13)16-17-12(18)11-8(14)4-3-5-9(11)15/h3-5,7H,6H2,1-2H3. The fraction of sp³-hybridized carbons (Fsp3) is 0.333. The molecule has 0 bridgehead atoms. The van der Waals surface area contributed by atoms with Gasteiger partial charge < -0.3 is 4.57 Å². The van der Waals surface area contributed by atoms with Crippen LogP contribution in [0.2, 0.25) is 10.0 Å². The maximum Gasteiger partial charge on any atom is 0.167 e. The molecule has 0 aliphatic rings. The van der Waals surface area contributed by atoms with Gasteiger partial charge in [0.15, 0.2) is 5.82 Å². The number of rotatable bonds is 3. The smallest absolute Gasteiger partial charge is 0.167 e. The van der Waals surface area contributed by atoms with Crippen molar-refractivity contribution < 1.29 is 0 Å². The molecular weight excluding hydrogens is 293 g/mol. The number of nitrogens with zero attached hydrogens (tertiary/aromatic N) is 3. The van der Waals surface area contributed by atoms with Crippen LogP contribution in [0.25, 0.3) is 11.4 Å². The number of hydrogen-bond acceptors (Lipinski definition) is 2. The van der Waals surface area contributed by atoms with E-state index in [2.05, 4.69) is 10.2 Å². The van der Waals surface area contributed by atoms with E-state index in [9.17, 15) is 0 Å². The summed E-state index contributed by atoms with van der Waals surface area (Å²) in [6.07, 6.45) is 0. The summed E-state index contributed by atoms with van der Waals surface area (Å²) in [6.45, 7) is 4.07. The third-order valence-electron chi connectivity index (χ3n) is 2.59. The minimum absolute atomic E-state index is 0.177. The molecule has 2 rings (SSSR count). The summed E-state index contributed by atoms with van der Waals surface area (Å²) in [4.78, 5) is 0. The van der Waals surface area contributed by atoms with Gasteiger partial charge in [0.25, 0.3) is 0 Å². The zero-order valence-corrected chi connectivity index (χ0v) is 12.3. The summed E-state index contributed by atoms with van der Waals surface area (Å²) >= 11 is 18.3. The molecule has 0 aliphatic carbocycles. The molecule has 3 nitrogen and oxygen atoms in total. The Hall–Kier alpha value is -0.770. The summed E-state index contributed by atoms with van der Waals surface area (Å²) < 4.78 is 1.94. The minimum atomic E-state index is 0.177. The van der Waals surface area contributed by atoms with Crippen LogP contribution in [0, 0.1) is 0 Å². The van der Waals surface area contributed by atoms with Crippen LogP contribution in [0.5, 0.6) is 0 Å². The molecule has 0 saturated carbocycles. The van der Waals surface area contributed by atoms with Gasteiger partial charge in [0.2, 0.25) is 0 Å². The van der Waals surface area contributed by atoms with Crippen molar-refractivity contribution in [1.29, 1.82) is 0 Å². The van der Waals surface area contributed by atoms with Crippen molar-refractivity contribution in [2.24, 2.45) is 0 Å². The quantitative estimate of drug-likeness (QED) is 0.778. The Morgan fingerprint density at radius 1 is 1.17 bits per heavy atom. The molecule has 0 spiro atoms. The first kappa shape index (κ1) is 13.7. The van der Waals surface area contributed by atoms with Gasteiger partial charge in [-0.05, 0) is 26.0 Å². The van der Waals surface area contributed by atoms with Crippen LogP contribution in [0.15, 0.2) is 18.2 Å². The molecule has 1 aromatic heterocycles. The molecule has 6 heteroatoms. The van der Waals surface area contributed by atoms with Crippen molar-refractivity contribution >= 4 is 34.8 Å². The highest BCUT2D eigenvalue weighted by Gasteiger charge is 2.19. The van der Waals surface area contributed by atoms with Crippen LogP contribution < -0.4 is 0 Å². The van der Waals surface area contributed by atoms with Gasteiger partial charge in [0, 0.05) is 6.04 Å². The normalized spacial score (nSPS) is 11.2. The SMILES string of the molecule is CC(C)n1c(CCl)nnc1-c1c(Cl)cccc1Cl. The molecule has 0 unspecified atom stereocenters. The van der Waals surface area contributed by atoms with Crippen LogP contribution in [-0.2, 0) is 5.88 Å². The number of hydrogen-bond donors (Lipinski definition) is 0. The molecule has 18 heavy (non-hydrogen) atoms. The Morgan fingerprint density at radius 2 is 1.78 bits per heavy atom. The highest BCUT2D eigenvalue weighted by molar-refractivity contribution is 6.39. The second kappa shape index (κ2) is 5.47. The third-order valence-corrected chi connectivity index (χ3v) is 3.46. The van der Waals surface area contributed by atoms with E-state index in [1.807, 2.05) is 18.4 Å². The van der Waals surface area contributed by atoms with Gasteiger partial charge in [-0.2, -0.15) is 0 Å². The van der Waals surface area contributed by atoms with Gasteiger partial charge in [-0.15, -0.1) is 21.8 Å². The van der Waals surface area contributed by atoms with E-state index in [1.165, 1.54) is 0 Å². The van der Waals surface area contributed by atoms with Gasteiger partial charge >= 0.3 is 0 Å². The number of aromatic nitrogens is 3. The molecule has 96 valence electrons. The Labute approximate surface area is 121 Å². The van der Waals surface area contributed by atoms with Gasteiger partial charge in [-0.1, -0.05) is 29.3 Å². The van der Waals surface area contributed by atoms with E-state index in [0.717, 1.165) is 0 Å². The van der Waals surface area contributed by atoms with Crippen LogP contribution in [-0.4, -0.2) is 14.8 Å². The van der Waals surface area contributed by atoms with E-state index in [1.54, 1.807) is 18.2 Å². The minimum Gasteiger partial charge on any atom is -0.307 e. The zero-order valence-electron chi connectivity index (χ0n) is 9.99. The lowest BCUT2D eigenvalue weighted by atomic mass is 10.2. The Morgan fingerprint density at radius 3 is 2.28 bits per heavy atom. The van der Waals surface area contributed by atoms with Gasteiger partial charge in [-0.25, -0.2) is 0 Å². The molecule has 0 amide bonds. The first-order valence-electron chi connectivity index (χ1n) is 5.50. The number of halogens is 3. The molecule has 0 atom stereocenters. The first-order valence-corrected chi connectivity index (χ1v) is 6.79. The molecular formula is C12H12Cl3N3. The Bertz CT molecular complexity index is 543. The summed E-state index contributed by atoms with van der Waals surface area (Å²) in [6, 6.07) is 5.54. The molecule has 2 aromatic rings. The largest absolute Gasteiger partial charge is 0.307 e. The van der Waals surface area contributed by atoms with E-state index in [0.29, 0.717) is 33.1 Å². The lowest BCUT2D eigenvalue weighted by Gasteiger charge is -2.14. The van der Waals surface area contributed by atoms with Crippen LogP contribution in [0.3, 0.4) is 0 Å². The lowest BCUT2D eigenvalue weighted by Crippen LogP contribution is -2.07. The molecule has 0 radical (unpaired) electrons. The van der Waals surface area contributed by atoms with Gasteiger partial charge in [0.1, 0.15) is 5.82 Å². The zero-order chi connectivity index (χ0) is 13.3. The Balaban J connectivity index is 2.68. The van der Waals surface area contributed by atoms with Crippen molar-refractivity contribution in [1.82, 2.24) is 14.8 Å². The molecule has 1 heterocycles. The third kappa shape index (κ3) is 2.35. The summed E-state index contributed by atoms with van der Waals surface area (Å²) in [5.41, 5.74) is 0.693. The maximum absolute atomic E-state index is 6.19. The van der Waals surface area contributed by atoms with Crippen molar-refractivity contribution in [3.63, 3.8) is 0 Å². The van der Waals surface area contributed by atoms with Crippen molar-refractivity contribution in [2.75, 3.05) is 0 Å². The highest BCUT2D eigenvalue weighted by Crippen LogP contribution is 2.35. The van der Waals surface area contributed by atoms with Crippen molar-refractivity contribution in [3.05, 3.63) is 34.1 Å². The fourth-order valence-corrected chi connectivity index (χ4v) is 2.59. The average molecular weight is 305 g/mol. The van der Waals surface area contributed by atoms with E-state index in [-0.39, 0.29) is 6.04 Å². The van der Waals surface area contributed by atoms with E-state index >= 15 is 0 Å². The van der Waals surface area contributed by atoms with E-state index in [4.69, 9.17) is 34.8 Å². The summed E-state index contributed by atoms with van der Waals surface area (Å²) in [7, 11) is 0.